The smallest absolute Gasteiger partial charge is 0.338 e. The number of carbonyl (C=O) groups excluding carboxylic acids is 3. The highest BCUT2D eigenvalue weighted by molar-refractivity contribution is 6.84. The number of esters is 2. The largest absolute Gasteiger partial charge is 0.455 e. The first-order chi connectivity index (χ1) is 22.9. The van der Waals surface area contributed by atoms with Gasteiger partial charge in [0.1, 0.15) is 23.9 Å². The molecule has 12 nitrogen and oxygen atoms in total. The number of aliphatic hydroxyl groups excluding tert-OH is 1. The number of carbonyl (C=O) groups is 3. The zero-order chi connectivity index (χ0) is 37.0. The maximum absolute atomic E-state index is 15.9. The van der Waals surface area contributed by atoms with Crippen LogP contribution in [0.25, 0.3) is 0 Å². The Bertz CT molecular complexity index is 1610. The predicted molar refractivity (Wildman–Crippen MR) is 188 cm³/mol. The number of ether oxygens (including phenoxy) is 3. The summed E-state index contributed by atoms with van der Waals surface area (Å²) in [6.45, 7) is 19.6. The van der Waals surface area contributed by atoms with Gasteiger partial charge in [0.25, 0.3) is 0 Å². The van der Waals surface area contributed by atoms with Crippen LogP contribution in [0.15, 0.2) is 41.5 Å². The summed E-state index contributed by atoms with van der Waals surface area (Å²) in [6, 6.07) is 8.37. The summed E-state index contributed by atoms with van der Waals surface area (Å²) in [6.07, 6.45) is -5.76. The first-order valence-electron chi connectivity index (χ1n) is 17.4. The van der Waals surface area contributed by atoms with Gasteiger partial charge in [-0.15, -0.1) is 0 Å². The second-order valence-electron chi connectivity index (χ2n) is 16.8. The van der Waals surface area contributed by atoms with Gasteiger partial charge in [-0.05, 0) is 76.4 Å². The zero-order valence-corrected chi connectivity index (χ0v) is 33.9. The van der Waals surface area contributed by atoms with Crippen molar-refractivity contribution >= 4 is 43.4 Å². The molecule has 9 atom stereocenters. The average Bonchev–Trinajstić information content (AvgIpc) is 2.97. The van der Waals surface area contributed by atoms with Crippen molar-refractivity contribution in [2.24, 2.45) is 16.7 Å². The topological polar surface area (TPSA) is 156 Å². The van der Waals surface area contributed by atoms with Crippen molar-refractivity contribution in [3.8, 4) is 0 Å². The molecule has 2 saturated heterocycles. The van der Waals surface area contributed by atoms with Gasteiger partial charge in [-0.2, -0.15) is 0 Å². The maximum Gasteiger partial charge on any atom is 0.338 e. The van der Waals surface area contributed by atoms with E-state index >= 15 is 4.79 Å². The summed E-state index contributed by atoms with van der Waals surface area (Å²) < 4.78 is 46.3. The van der Waals surface area contributed by atoms with Crippen molar-refractivity contribution in [2.45, 2.75) is 128 Å². The highest BCUT2D eigenvalue weighted by Gasteiger charge is 2.79. The molecule has 4 bridgehead atoms. The SMILES string of the molecule is CC(=O)O[C@@]12CO[C@@H]1C[C@@H]1O[Si](C)(C)O[Si](C)(C)O[Si](C)(C)O[C@H]3C(=O)[C@@]1(C)[C@@H]2[C@H](OC(=O)c1ccccc1)[C@]1(O)C[C@H](O)C(C)=C3C1(C)C. The Kier molecular flexibility index (Phi) is 9.03. The maximum atomic E-state index is 15.9. The molecule has 0 radical (unpaired) electrons. The fourth-order valence-electron chi connectivity index (χ4n) is 9.77. The normalized spacial score (nSPS) is 41.3. The monoisotopic (exact) mass is 748 g/mol. The highest BCUT2D eigenvalue weighted by Crippen LogP contribution is 2.65. The molecular weight excluding hydrogens is 697 g/mol. The van der Waals surface area contributed by atoms with Crippen LogP contribution < -0.4 is 0 Å². The van der Waals surface area contributed by atoms with E-state index in [0.717, 1.165) is 0 Å². The second kappa shape index (κ2) is 12.0. The van der Waals surface area contributed by atoms with E-state index in [9.17, 15) is 19.8 Å². The molecule has 0 spiro atoms. The van der Waals surface area contributed by atoms with E-state index in [-0.39, 0.29) is 25.0 Å². The van der Waals surface area contributed by atoms with Gasteiger partial charge in [0, 0.05) is 25.2 Å². The molecule has 0 unspecified atom stereocenters. The minimum Gasteiger partial charge on any atom is -0.455 e. The fourth-order valence-corrected chi connectivity index (χ4v) is 22.0. The van der Waals surface area contributed by atoms with Gasteiger partial charge in [0.2, 0.25) is 0 Å². The second-order valence-corrected chi connectivity index (χ2v) is 27.3. The third-order valence-electron chi connectivity index (χ3n) is 11.7. The first kappa shape index (κ1) is 37.7. The number of ketones is 1. The Morgan fingerprint density at radius 2 is 1.52 bits per heavy atom. The van der Waals surface area contributed by atoms with Gasteiger partial charge in [-0.1, -0.05) is 32.0 Å². The molecule has 2 heterocycles. The molecule has 2 N–H and O–H groups in total. The number of benzene rings is 1. The van der Waals surface area contributed by atoms with Gasteiger partial charge < -0.3 is 41.5 Å². The molecule has 276 valence electrons. The van der Waals surface area contributed by atoms with E-state index in [1.165, 1.54) is 6.92 Å². The van der Waals surface area contributed by atoms with Crippen LogP contribution in [-0.4, -0.2) is 102 Å². The van der Waals surface area contributed by atoms with E-state index in [0.29, 0.717) is 11.1 Å². The number of aliphatic hydroxyl groups is 2. The number of fused-ring (bicyclic) bond motifs is 6. The third-order valence-corrected chi connectivity index (χ3v) is 21.2. The van der Waals surface area contributed by atoms with Crippen molar-refractivity contribution in [3.05, 3.63) is 47.0 Å². The minimum absolute atomic E-state index is 0.107. The van der Waals surface area contributed by atoms with E-state index in [1.807, 2.05) is 39.3 Å². The summed E-state index contributed by atoms with van der Waals surface area (Å²) in [5.74, 6) is -2.97. The van der Waals surface area contributed by atoms with Crippen LogP contribution in [0, 0.1) is 16.7 Å². The quantitative estimate of drug-likeness (QED) is 0.258. The lowest BCUT2D eigenvalue weighted by atomic mass is 9.44. The van der Waals surface area contributed by atoms with Crippen molar-refractivity contribution in [1.29, 1.82) is 0 Å². The molecule has 4 fully saturated rings. The number of rotatable bonds is 3. The minimum atomic E-state index is -3.23. The Morgan fingerprint density at radius 3 is 2.08 bits per heavy atom. The van der Waals surface area contributed by atoms with Gasteiger partial charge in [0.15, 0.2) is 11.4 Å². The molecule has 3 aliphatic carbocycles. The van der Waals surface area contributed by atoms with Crippen LogP contribution >= 0.6 is 0 Å². The van der Waals surface area contributed by atoms with E-state index in [2.05, 4.69) is 0 Å². The molecule has 1 aromatic rings. The number of hydrogen-bond acceptors (Lipinski definition) is 12. The molecule has 2 aliphatic heterocycles. The lowest BCUT2D eigenvalue weighted by Gasteiger charge is -2.68. The summed E-state index contributed by atoms with van der Waals surface area (Å²) in [4.78, 5) is 43.1. The summed E-state index contributed by atoms with van der Waals surface area (Å²) in [5, 5.41) is 25.1. The molecule has 5 aliphatic rings. The molecule has 0 aromatic heterocycles. The number of Topliss-reactive ketones (excluding diaryl/α,β-unsaturated/α-hetero) is 1. The Hall–Kier alpha value is -2.06. The van der Waals surface area contributed by atoms with Crippen LogP contribution in [0.2, 0.25) is 39.3 Å². The van der Waals surface area contributed by atoms with Crippen molar-refractivity contribution in [3.63, 3.8) is 0 Å². The molecular formula is C35H52O12Si3. The van der Waals surface area contributed by atoms with Gasteiger partial charge in [-0.25, -0.2) is 4.79 Å². The van der Waals surface area contributed by atoms with E-state index in [4.69, 9.17) is 31.3 Å². The van der Waals surface area contributed by atoms with Crippen LogP contribution in [0.1, 0.15) is 57.8 Å². The third kappa shape index (κ3) is 5.76. The lowest BCUT2D eigenvalue weighted by molar-refractivity contribution is -0.344. The van der Waals surface area contributed by atoms with Crippen molar-refractivity contribution in [1.82, 2.24) is 0 Å². The Balaban J connectivity index is 1.71. The summed E-state index contributed by atoms with van der Waals surface area (Å²) in [5.41, 5.74) is -5.34. The van der Waals surface area contributed by atoms with Gasteiger partial charge >= 0.3 is 37.6 Å². The van der Waals surface area contributed by atoms with Crippen molar-refractivity contribution < 1.29 is 55.9 Å². The Labute approximate surface area is 297 Å². The summed E-state index contributed by atoms with van der Waals surface area (Å²) >= 11 is 0. The Morgan fingerprint density at radius 1 is 0.920 bits per heavy atom. The fraction of sp³-hybridized carbons (Fsp3) is 0.686. The van der Waals surface area contributed by atoms with Crippen LogP contribution in [0.4, 0.5) is 0 Å². The molecule has 6 rings (SSSR count). The zero-order valence-electron chi connectivity index (χ0n) is 30.9. The first-order valence-corrected chi connectivity index (χ1v) is 25.8. The van der Waals surface area contributed by atoms with Gasteiger partial charge in [-0.3, -0.25) is 9.59 Å². The highest BCUT2D eigenvalue weighted by atomic mass is 28.5. The molecule has 0 amide bonds. The van der Waals surface area contributed by atoms with Gasteiger partial charge in [0.05, 0.1) is 35.7 Å². The molecule has 1 aromatic carbocycles. The van der Waals surface area contributed by atoms with Crippen LogP contribution in [0.5, 0.6) is 0 Å². The molecule has 50 heavy (non-hydrogen) atoms. The van der Waals surface area contributed by atoms with Crippen molar-refractivity contribution in [2.75, 3.05) is 6.61 Å². The summed E-state index contributed by atoms with van der Waals surface area (Å²) in [7, 11) is -9.28. The number of hydrogen-bond donors (Lipinski definition) is 2. The van der Waals surface area contributed by atoms with Crippen LogP contribution in [0.3, 0.4) is 0 Å². The lowest BCUT2D eigenvalue weighted by Crippen LogP contribution is -2.82. The average molecular weight is 749 g/mol. The molecule has 15 heteroatoms. The predicted octanol–water partition coefficient (Wildman–Crippen LogP) is 4.28. The van der Waals surface area contributed by atoms with E-state index < -0.39 is 102 Å². The molecule has 2 saturated carbocycles. The van der Waals surface area contributed by atoms with Crippen LogP contribution in [-0.2, 0) is 40.9 Å². The standard InChI is InChI=1S/C35H52O12Si3/c1-20-23(37)18-35(40)30(42-31(39)22-15-13-12-14-16-22)28-33(5)24(17-25-34(28,19-41-25)43-21(2)36)44-48(6,7)46-50(10,11)47-49(8,9)45-27(29(33)38)26(20)32(35,3)4/h12-16,23-25,27-28,30,37,40H,17-19H2,1-11H3/t23-,24-,25+,27+,28-,30-,33+,34-,35+/m0/s1. The van der Waals surface area contributed by atoms with E-state index in [1.54, 1.807) is 58.0 Å².